The van der Waals surface area contributed by atoms with Crippen LogP contribution in [0.15, 0.2) is 24.3 Å². The first-order valence-corrected chi connectivity index (χ1v) is 13.4. The highest BCUT2D eigenvalue weighted by atomic mass is 79.9. The quantitative estimate of drug-likeness (QED) is 0.290. The van der Waals surface area contributed by atoms with Gasteiger partial charge in [0.2, 0.25) is 0 Å². The highest BCUT2D eigenvalue weighted by molar-refractivity contribution is 8.93. The van der Waals surface area contributed by atoms with Gasteiger partial charge in [0.15, 0.2) is 23.9 Å². The summed E-state index contributed by atoms with van der Waals surface area (Å²) >= 11 is 0. The van der Waals surface area contributed by atoms with E-state index in [0.29, 0.717) is 54.8 Å². The second kappa shape index (κ2) is 13.3. The third-order valence-electron chi connectivity index (χ3n) is 6.91. The van der Waals surface area contributed by atoms with Gasteiger partial charge in [-0.05, 0) is 48.8 Å². The summed E-state index contributed by atoms with van der Waals surface area (Å²) in [5.41, 5.74) is 4.02. The van der Waals surface area contributed by atoms with Crippen LogP contribution in [0.2, 0.25) is 0 Å². The molecule has 0 bridgehead atoms. The van der Waals surface area contributed by atoms with Gasteiger partial charge in [0.1, 0.15) is 11.5 Å². The SMILES string of the molecule is Br.CC(C)(C)c1cc(CCC(=O)CN2Cc3ccc(C4CC4)nc3C2=N)cc(OCCCC#N)c1OCC(=O)O. The number of carboxylic acid groups (broad SMARTS) is 1. The van der Waals surface area contributed by atoms with Crippen LogP contribution in [-0.2, 0) is 28.0 Å². The Morgan fingerprint density at radius 1 is 1.23 bits per heavy atom. The number of aryl methyl sites for hydroxylation is 1. The number of benzene rings is 1. The summed E-state index contributed by atoms with van der Waals surface area (Å²) in [4.78, 5) is 30.7. The number of carbonyl (C=O) groups is 2. The number of carbonyl (C=O) groups excluding carboxylic acids is 1. The smallest absolute Gasteiger partial charge is 0.341 e. The maximum atomic E-state index is 13.0. The molecule has 1 aliphatic heterocycles. The van der Waals surface area contributed by atoms with Gasteiger partial charge in [0, 0.05) is 42.1 Å². The van der Waals surface area contributed by atoms with Crippen molar-refractivity contribution in [2.45, 2.75) is 77.2 Å². The maximum Gasteiger partial charge on any atom is 0.341 e. The van der Waals surface area contributed by atoms with Crippen molar-refractivity contribution in [3.05, 3.63) is 52.3 Å². The molecule has 0 spiro atoms. The van der Waals surface area contributed by atoms with Crippen LogP contribution in [0.4, 0.5) is 0 Å². The Kier molecular flexibility index (Phi) is 10.3. The summed E-state index contributed by atoms with van der Waals surface area (Å²) in [5.74, 6) is 0.543. The number of hydrogen-bond acceptors (Lipinski definition) is 7. The normalized spacial score (nSPS) is 14.2. The Balaban J connectivity index is 0.00000441. The Bertz CT molecular complexity index is 1310. The van der Waals surface area contributed by atoms with Gasteiger partial charge in [-0.1, -0.05) is 32.9 Å². The number of nitrogens with zero attached hydrogens (tertiary/aromatic N) is 3. The standard InChI is InChI=1S/C30H36N4O5.BrH/c1-30(2,3)23-14-19(15-25(38-13-5-4-12-31)28(23)39-18-26(36)37)6-10-22(35)17-34-16-21-9-11-24(20-7-8-20)33-27(21)29(34)32;/h9,11,14-15,20,32H,4-8,10,13,16-18H2,1-3H3,(H,36,37);1H. The number of pyridine rings is 1. The summed E-state index contributed by atoms with van der Waals surface area (Å²) in [6.45, 7) is 6.46. The number of nitriles is 1. The number of fused-ring (bicyclic) bond motifs is 1. The highest BCUT2D eigenvalue weighted by Crippen LogP contribution is 2.41. The van der Waals surface area contributed by atoms with E-state index in [2.05, 4.69) is 6.07 Å². The number of amidine groups is 1. The van der Waals surface area contributed by atoms with E-state index in [4.69, 9.17) is 25.1 Å². The van der Waals surface area contributed by atoms with Crippen molar-refractivity contribution in [3.8, 4) is 17.6 Å². The van der Waals surface area contributed by atoms with Gasteiger partial charge in [-0.2, -0.15) is 5.26 Å². The Morgan fingerprint density at radius 3 is 2.62 bits per heavy atom. The first-order chi connectivity index (χ1) is 18.6. The number of halogens is 1. The lowest BCUT2D eigenvalue weighted by molar-refractivity contribution is -0.139. The monoisotopic (exact) mass is 612 g/mol. The van der Waals surface area contributed by atoms with E-state index >= 15 is 0 Å². The van der Waals surface area contributed by atoms with Crippen molar-refractivity contribution in [3.63, 3.8) is 0 Å². The summed E-state index contributed by atoms with van der Waals surface area (Å²) in [6.07, 6.45) is 3.93. The predicted molar refractivity (Wildman–Crippen MR) is 156 cm³/mol. The molecule has 0 unspecified atom stereocenters. The molecule has 40 heavy (non-hydrogen) atoms. The number of unbranched alkanes of at least 4 members (excludes halogenated alkanes) is 1. The van der Waals surface area contributed by atoms with E-state index in [1.165, 1.54) is 0 Å². The fraction of sp³-hybridized carbons (Fsp3) is 0.500. The Labute approximate surface area is 245 Å². The molecule has 2 aliphatic rings. The van der Waals surface area contributed by atoms with Crippen LogP contribution in [0.3, 0.4) is 0 Å². The predicted octanol–water partition coefficient (Wildman–Crippen LogP) is 5.32. The van der Waals surface area contributed by atoms with Crippen LogP contribution in [0.1, 0.15) is 86.9 Å². The highest BCUT2D eigenvalue weighted by Gasteiger charge is 2.31. The molecule has 9 nitrogen and oxygen atoms in total. The molecular weight excluding hydrogens is 576 g/mol. The number of carboxylic acids is 1. The molecule has 4 rings (SSSR count). The lowest BCUT2D eigenvalue weighted by Gasteiger charge is -2.26. The summed E-state index contributed by atoms with van der Waals surface area (Å²) in [6, 6.07) is 9.91. The number of ketones is 1. The second-order valence-electron chi connectivity index (χ2n) is 11.3. The molecule has 2 N–H and O–H groups in total. The average Bonchev–Trinajstić information content (AvgIpc) is 3.69. The zero-order chi connectivity index (χ0) is 28.2. The first kappa shape index (κ1) is 31.1. The molecule has 0 saturated heterocycles. The lowest BCUT2D eigenvalue weighted by atomic mass is 9.84. The van der Waals surface area contributed by atoms with E-state index in [-0.39, 0.29) is 47.8 Å². The van der Waals surface area contributed by atoms with E-state index in [9.17, 15) is 14.7 Å². The van der Waals surface area contributed by atoms with Crippen molar-refractivity contribution in [2.24, 2.45) is 0 Å². The maximum absolute atomic E-state index is 13.0. The first-order valence-electron chi connectivity index (χ1n) is 13.4. The molecule has 1 fully saturated rings. The van der Waals surface area contributed by atoms with Crippen LogP contribution in [0, 0.1) is 16.7 Å². The van der Waals surface area contributed by atoms with E-state index in [0.717, 1.165) is 35.2 Å². The summed E-state index contributed by atoms with van der Waals surface area (Å²) < 4.78 is 11.6. The Hall–Kier alpha value is -3.45. The van der Waals surface area contributed by atoms with Gasteiger partial charge < -0.3 is 19.5 Å². The molecule has 0 atom stereocenters. The van der Waals surface area contributed by atoms with Gasteiger partial charge in [0.05, 0.1) is 19.2 Å². The minimum Gasteiger partial charge on any atom is -0.490 e. The minimum atomic E-state index is -1.09. The third-order valence-corrected chi connectivity index (χ3v) is 6.91. The third kappa shape index (κ3) is 7.81. The van der Waals surface area contributed by atoms with Gasteiger partial charge in [-0.15, -0.1) is 17.0 Å². The molecule has 10 heteroatoms. The molecular formula is C30H37BrN4O5. The topological polar surface area (TPSA) is 137 Å². The average molecular weight is 614 g/mol. The van der Waals surface area contributed by atoms with Gasteiger partial charge in [-0.3, -0.25) is 10.2 Å². The number of ether oxygens (including phenoxy) is 2. The van der Waals surface area contributed by atoms with Crippen molar-refractivity contribution >= 4 is 34.6 Å². The zero-order valence-corrected chi connectivity index (χ0v) is 25.0. The lowest BCUT2D eigenvalue weighted by Crippen LogP contribution is -2.30. The number of nitrogens with one attached hydrogen (secondary N) is 1. The fourth-order valence-corrected chi connectivity index (χ4v) is 4.67. The molecule has 1 aromatic heterocycles. The molecule has 1 aromatic carbocycles. The van der Waals surface area contributed by atoms with Gasteiger partial charge in [0.25, 0.3) is 0 Å². The van der Waals surface area contributed by atoms with E-state index in [1.807, 2.05) is 39.0 Å². The van der Waals surface area contributed by atoms with E-state index in [1.54, 1.807) is 11.0 Å². The van der Waals surface area contributed by atoms with Crippen LogP contribution in [0.5, 0.6) is 11.5 Å². The summed E-state index contributed by atoms with van der Waals surface area (Å²) in [7, 11) is 0. The number of aromatic nitrogens is 1. The summed E-state index contributed by atoms with van der Waals surface area (Å²) in [5, 5.41) is 26.6. The number of Topliss-reactive ketones (excluding diaryl/α,β-unsaturated/α-hetero) is 1. The van der Waals surface area contributed by atoms with Crippen LogP contribution in [-0.4, -0.2) is 52.3 Å². The van der Waals surface area contributed by atoms with E-state index < -0.39 is 12.6 Å². The molecule has 1 saturated carbocycles. The van der Waals surface area contributed by atoms with Crippen LogP contribution < -0.4 is 9.47 Å². The molecule has 2 heterocycles. The zero-order valence-electron chi connectivity index (χ0n) is 23.3. The molecule has 214 valence electrons. The van der Waals surface area contributed by atoms with Gasteiger partial charge >= 0.3 is 5.97 Å². The number of hydrogen-bond donors (Lipinski definition) is 2. The number of aliphatic carboxylic acids is 1. The minimum absolute atomic E-state index is 0. The Morgan fingerprint density at radius 2 is 1.98 bits per heavy atom. The fourth-order valence-electron chi connectivity index (χ4n) is 4.67. The largest absolute Gasteiger partial charge is 0.490 e. The molecule has 0 radical (unpaired) electrons. The van der Waals surface area contributed by atoms with Crippen LogP contribution in [0.25, 0.3) is 0 Å². The second-order valence-corrected chi connectivity index (χ2v) is 11.3. The molecule has 0 amide bonds. The molecule has 1 aliphatic carbocycles. The van der Waals surface area contributed by atoms with Crippen molar-refractivity contribution < 1.29 is 24.2 Å². The van der Waals surface area contributed by atoms with Gasteiger partial charge in [-0.25, -0.2) is 9.78 Å². The number of rotatable bonds is 13. The van der Waals surface area contributed by atoms with Crippen molar-refractivity contribution in [2.75, 3.05) is 19.8 Å². The van der Waals surface area contributed by atoms with Crippen molar-refractivity contribution in [1.29, 1.82) is 10.7 Å². The van der Waals surface area contributed by atoms with Crippen LogP contribution >= 0.6 is 17.0 Å². The van der Waals surface area contributed by atoms with Crippen molar-refractivity contribution in [1.82, 2.24) is 9.88 Å². The molecule has 2 aromatic rings.